The van der Waals surface area contributed by atoms with Crippen LogP contribution in [0.1, 0.15) is 58.8 Å². The van der Waals surface area contributed by atoms with Gasteiger partial charge < -0.3 is 19.7 Å². The second kappa shape index (κ2) is 13.6. The Hall–Kier alpha value is -1.63. The van der Waals surface area contributed by atoms with Gasteiger partial charge in [-0.15, -0.1) is 0 Å². The maximum absolute atomic E-state index is 12.2. The van der Waals surface area contributed by atoms with E-state index in [2.05, 4.69) is 12.2 Å². The quantitative estimate of drug-likeness (QED) is 0.419. The fourth-order valence-corrected chi connectivity index (χ4v) is 2.84. The lowest BCUT2D eigenvalue weighted by Gasteiger charge is -2.30. The fourth-order valence-electron chi connectivity index (χ4n) is 2.84. The summed E-state index contributed by atoms with van der Waals surface area (Å²) in [5.74, 6) is -0.404. The Morgan fingerprint density at radius 3 is 2.38 bits per heavy atom. The largest absolute Gasteiger partial charge is 0.466 e. The van der Waals surface area contributed by atoms with Gasteiger partial charge in [-0.05, 0) is 32.6 Å². The summed E-state index contributed by atoms with van der Waals surface area (Å²) in [5, 5.41) is 2.82. The number of piperidine rings is 1. The molecule has 1 heterocycles. The molecule has 0 aromatic rings. The average molecular weight is 370 g/mol. The first kappa shape index (κ1) is 22.4. The second-order valence-electron chi connectivity index (χ2n) is 6.58. The molecule has 0 unspecified atom stereocenters. The number of unbranched alkanes of at least 4 members (excludes halogenated alkanes) is 1. The van der Waals surface area contributed by atoms with Crippen LogP contribution >= 0.6 is 0 Å². The molecule has 0 saturated carbocycles. The van der Waals surface area contributed by atoms with Crippen LogP contribution in [0.4, 0.5) is 0 Å². The van der Waals surface area contributed by atoms with Crippen LogP contribution in [0, 0.1) is 5.92 Å². The highest BCUT2D eigenvalue weighted by Crippen LogP contribution is 2.19. The van der Waals surface area contributed by atoms with Gasteiger partial charge in [-0.3, -0.25) is 14.4 Å². The molecule has 1 N–H and O–H groups in total. The lowest BCUT2D eigenvalue weighted by Crippen LogP contribution is -2.41. The van der Waals surface area contributed by atoms with Crippen molar-refractivity contribution in [1.82, 2.24) is 10.2 Å². The smallest absolute Gasteiger partial charge is 0.309 e. The fraction of sp³-hybridized carbons (Fsp3) is 0.842. The number of amides is 2. The summed E-state index contributed by atoms with van der Waals surface area (Å²) in [6.07, 6.45) is 4.64. The molecule has 0 aromatic heterocycles. The molecular weight excluding hydrogens is 336 g/mol. The zero-order valence-electron chi connectivity index (χ0n) is 16.3. The first-order valence-electron chi connectivity index (χ1n) is 9.87. The molecule has 0 bridgehead atoms. The molecule has 0 atom stereocenters. The summed E-state index contributed by atoms with van der Waals surface area (Å²) in [7, 11) is 0. The minimum atomic E-state index is -0.169. The van der Waals surface area contributed by atoms with Crippen molar-refractivity contribution in [1.29, 1.82) is 0 Å². The van der Waals surface area contributed by atoms with Gasteiger partial charge in [0.1, 0.15) is 0 Å². The van der Waals surface area contributed by atoms with Crippen LogP contribution in [0.25, 0.3) is 0 Å². The van der Waals surface area contributed by atoms with Crippen molar-refractivity contribution in [2.24, 2.45) is 5.92 Å². The number of nitrogens with one attached hydrogen (secondary N) is 1. The molecule has 0 aromatic carbocycles. The number of likely N-dealkylation sites (tertiary alicyclic amines) is 1. The van der Waals surface area contributed by atoms with Gasteiger partial charge in [0.15, 0.2) is 0 Å². The predicted octanol–water partition coefficient (Wildman–Crippen LogP) is 1.89. The van der Waals surface area contributed by atoms with Gasteiger partial charge in [-0.2, -0.15) is 0 Å². The number of carbonyl (C=O) groups excluding carboxylic acids is 3. The van der Waals surface area contributed by atoms with Crippen molar-refractivity contribution in [3.63, 3.8) is 0 Å². The van der Waals surface area contributed by atoms with E-state index >= 15 is 0 Å². The Balaban J connectivity index is 2.09. The topological polar surface area (TPSA) is 84.9 Å². The van der Waals surface area contributed by atoms with Gasteiger partial charge in [0.25, 0.3) is 0 Å². The van der Waals surface area contributed by atoms with Gasteiger partial charge in [0.05, 0.1) is 12.5 Å². The van der Waals surface area contributed by atoms with Crippen LogP contribution in [0.2, 0.25) is 0 Å². The van der Waals surface area contributed by atoms with Crippen LogP contribution in [-0.2, 0) is 23.9 Å². The monoisotopic (exact) mass is 370 g/mol. The van der Waals surface area contributed by atoms with Crippen molar-refractivity contribution < 1.29 is 23.9 Å². The van der Waals surface area contributed by atoms with Gasteiger partial charge in [-0.1, -0.05) is 13.3 Å². The molecule has 0 aliphatic carbocycles. The number of rotatable bonds is 12. The van der Waals surface area contributed by atoms with E-state index in [0.717, 1.165) is 25.9 Å². The van der Waals surface area contributed by atoms with E-state index in [0.29, 0.717) is 45.7 Å². The standard InChI is InChI=1S/C19H34N2O5/c1-3-5-14-25-15-6-11-20-17(22)7-8-18(23)21-12-9-16(10-13-21)19(24)26-4-2/h16H,3-15H2,1-2H3,(H,20,22). The number of nitrogens with zero attached hydrogens (tertiary/aromatic N) is 1. The van der Waals surface area contributed by atoms with E-state index < -0.39 is 0 Å². The summed E-state index contributed by atoms with van der Waals surface area (Å²) in [5.41, 5.74) is 0. The maximum atomic E-state index is 12.2. The van der Waals surface area contributed by atoms with E-state index in [4.69, 9.17) is 9.47 Å². The summed E-state index contributed by atoms with van der Waals surface area (Å²) >= 11 is 0. The molecule has 1 aliphatic heterocycles. The predicted molar refractivity (Wildman–Crippen MR) is 98.5 cm³/mol. The first-order chi connectivity index (χ1) is 12.6. The van der Waals surface area contributed by atoms with E-state index in [9.17, 15) is 14.4 Å². The molecule has 150 valence electrons. The van der Waals surface area contributed by atoms with E-state index in [1.54, 1.807) is 11.8 Å². The third-order valence-corrected chi connectivity index (χ3v) is 4.46. The van der Waals surface area contributed by atoms with Crippen LogP contribution in [-0.4, -0.2) is 62.1 Å². The Labute approximate surface area is 156 Å². The normalized spacial score (nSPS) is 14.9. The van der Waals surface area contributed by atoms with Crippen molar-refractivity contribution in [2.45, 2.75) is 58.8 Å². The molecule has 1 aliphatic rings. The molecule has 1 rings (SSSR count). The number of hydrogen-bond donors (Lipinski definition) is 1. The summed E-state index contributed by atoms with van der Waals surface area (Å²) < 4.78 is 10.5. The first-order valence-corrected chi connectivity index (χ1v) is 9.87. The summed E-state index contributed by atoms with van der Waals surface area (Å²) in [6.45, 7) is 7.40. The number of ether oxygens (including phenoxy) is 2. The zero-order chi connectivity index (χ0) is 19.2. The molecular formula is C19H34N2O5. The Morgan fingerprint density at radius 1 is 1.04 bits per heavy atom. The van der Waals surface area contributed by atoms with Crippen LogP contribution in [0.15, 0.2) is 0 Å². The van der Waals surface area contributed by atoms with E-state index in [1.165, 1.54) is 0 Å². The lowest BCUT2D eigenvalue weighted by atomic mass is 9.96. The van der Waals surface area contributed by atoms with Crippen LogP contribution in [0.3, 0.4) is 0 Å². The zero-order valence-corrected chi connectivity index (χ0v) is 16.3. The number of esters is 1. The SMILES string of the molecule is CCCCOCCCNC(=O)CCC(=O)N1CCC(C(=O)OCC)CC1. The van der Waals surface area contributed by atoms with Crippen molar-refractivity contribution in [2.75, 3.05) is 39.5 Å². The van der Waals surface area contributed by atoms with E-state index in [1.807, 2.05) is 0 Å². The van der Waals surface area contributed by atoms with Gasteiger partial charge in [-0.25, -0.2) is 0 Å². The third kappa shape index (κ3) is 9.17. The molecule has 0 radical (unpaired) electrons. The summed E-state index contributed by atoms with van der Waals surface area (Å²) in [4.78, 5) is 37.4. The minimum Gasteiger partial charge on any atom is -0.466 e. The second-order valence-corrected chi connectivity index (χ2v) is 6.58. The Morgan fingerprint density at radius 2 is 1.73 bits per heavy atom. The molecule has 1 saturated heterocycles. The van der Waals surface area contributed by atoms with E-state index in [-0.39, 0.29) is 36.5 Å². The van der Waals surface area contributed by atoms with Crippen molar-refractivity contribution >= 4 is 17.8 Å². The van der Waals surface area contributed by atoms with Crippen molar-refractivity contribution in [3.8, 4) is 0 Å². The Kier molecular flexibility index (Phi) is 11.7. The highest BCUT2D eigenvalue weighted by Gasteiger charge is 2.28. The molecule has 2 amide bonds. The number of carbonyl (C=O) groups is 3. The lowest BCUT2D eigenvalue weighted by molar-refractivity contribution is -0.151. The van der Waals surface area contributed by atoms with Gasteiger partial charge >= 0.3 is 5.97 Å². The molecule has 1 fully saturated rings. The minimum absolute atomic E-state index is 0.0228. The summed E-state index contributed by atoms with van der Waals surface area (Å²) in [6, 6.07) is 0. The van der Waals surface area contributed by atoms with Gasteiger partial charge in [0, 0.05) is 45.7 Å². The third-order valence-electron chi connectivity index (χ3n) is 4.46. The number of hydrogen-bond acceptors (Lipinski definition) is 5. The average Bonchev–Trinajstić information content (AvgIpc) is 2.65. The molecule has 7 heteroatoms. The van der Waals surface area contributed by atoms with Gasteiger partial charge in [0.2, 0.25) is 11.8 Å². The maximum Gasteiger partial charge on any atom is 0.309 e. The molecule has 0 spiro atoms. The highest BCUT2D eigenvalue weighted by molar-refractivity contribution is 5.84. The molecule has 26 heavy (non-hydrogen) atoms. The Bertz CT molecular complexity index is 434. The van der Waals surface area contributed by atoms with Crippen molar-refractivity contribution in [3.05, 3.63) is 0 Å². The highest BCUT2D eigenvalue weighted by atomic mass is 16.5. The molecule has 7 nitrogen and oxygen atoms in total. The van der Waals surface area contributed by atoms with Crippen LogP contribution < -0.4 is 5.32 Å². The van der Waals surface area contributed by atoms with Crippen LogP contribution in [0.5, 0.6) is 0 Å².